The number of halogens is 1. The Hall–Kier alpha value is -2.16. The van der Waals surface area contributed by atoms with E-state index < -0.39 is 11.3 Å². The summed E-state index contributed by atoms with van der Waals surface area (Å²) in [6.07, 6.45) is 0.489. The summed E-state index contributed by atoms with van der Waals surface area (Å²) in [5.41, 5.74) is 0.230. The van der Waals surface area contributed by atoms with Crippen molar-refractivity contribution < 1.29 is 13.9 Å². The van der Waals surface area contributed by atoms with Gasteiger partial charge >= 0.3 is 5.97 Å². The quantitative estimate of drug-likeness (QED) is 0.746. The molecule has 0 N–H and O–H groups in total. The van der Waals surface area contributed by atoms with E-state index in [1.807, 2.05) is 51.1 Å². The van der Waals surface area contributed by atoms with Crippen molar-refractivity contribution in [3.63, 3.8) is 0 Å². The van der Waals surface area contributed by atoms with E-state index in [9.17, 15) is 4.79 Å². The van der Waals surface area contributed by atoms with Crippen LogP contribution in [-0.4, -0.2) is 11.6 Å². The van der Waals surface area contributed by atoms with Crippen molar-refractivity contribution >= 4 is 5.97 Å². The molecule has 3 heteroatoms. The Morgan fingerprint density at radius 3 is 2.26 bits per heavy atom. The van der Waals surface area contributed by atoms with Crippen molar-refractivity contribution in [3.8, 4) is 0 Å². The number of alkyl halides is 1. The molecular formula is C20H21FO2. The van der Waals surface area contributed by atoms with E-state index in [0.29, 0.717) is 17.5 Å². The SMILES string of the molecule is CC(C)(C)OC(=O)c1ccc(C2(F)CC2c2ccccc2)cc1. The average Bonchev–Trinajstić information content (AvgIpc) is 3.20. The fraction of sp³-hybridized carbons (Fsp3) is 0.350. The van der Waals surface area contributed by atoms with Crippen LogP contribution in [0.1, 0.15) is 54.6 Å². The van der Waals surface area contributed by atoms with Crippen molar-refractivity contribution in [2.45, 2.75) is 44.4 Å². The van der Waals surface area contributed by atoms with Gasteiger partial charge in [0.1, 0.15) is 11.3 Å². The summed E-state index contributed by atoms with van der Waals surface area (Å²) in [7, 11) is 0. The lowest BCUT2D eigenvalue weighted by Gasteiger charge is -2.19. The molecule has 23 heavy (non-hydrogen) atoms. The number of carbonyl (C=O) groups is 1. The molecule has 0 heterocycles. The maximum Gasteiger partial charge on any atom is 0.338 e. The van der Waals surface area contributed by atoms with Crippen LogP contribution >= 0.6 is 0 Å². The molecule has 2 aromatic rings. The highest BCUT2D eigenvalue weighted by molar-refractivity contribution is 5.89. The van der Waals surface area contributed by atoms with Crippen molar-refractivity contribution in [3.05, 3.63) is 71.3 Å². The number of rotatable bonds is 3. The topological polar surface area (TPSA) is 26.3 Å². The Kier molecular flexibility index (Phi) is 3.75. The van der Waals surface area contributed by atoms with Crippen LogP contribution in [0.25, 0.3) is 0 Å². The van der Waals surface area contributed by atoms with Gasteiger partial charge < -0.3 is 4.74 Å². The smallest absolute Gasteiger partial charge is 0.338 e. The minimum Gasteiger partial charge on any atom is -0.456 e. The summed E-state index contributed by atoms with van der Waals surface area (Å²) in [6.45, 7) is 5.47. The molecule has 2 aromatic carbocycles. The summed E-state index contributed by atoms with van der Waals surface area (Å²) in [5.74, 6) is -0.483. The summed E-state index contributed by atoms with van der Waals surface area (Å²) in [6, 6.07) is 16.4. The highest BCUT2D eigenvalue weighted by Crippen LogP contribution is 2.61. The van der Waals surface area contributed by atoms with Gasteiger partial charge in [0.25, 0.3) is 0 Å². The predicted molar refractivity (Wildman–Crippen MR) is 88.2 cm³/mol. The lowest BCUT2D eigenvalue weighted by Crippen LogP contribution is -2.23. The highest BCUT2D eigenvalue weighted by atomic mass is 19.1. The molecule has 2 nitrogen and oxygen atoms in total. The van der Waals surface area contributed by atoms with E-state index >= 15 is 4.39 Å². The molecule has 1 aliphatic rings. The second-order valence-corrected chi connectivity index (χ2v) is 7.11. The van der Waals surface area contributed by atoms with Crippen LogP contribution in [0.15, 0.2) is 54.6 Å². The summed E-state index contributed by atoms with van der Waals surface area (Å²) >= 11 is 0. The lowest BCUT2D eigenvalue weighted by molar-refractivity contribution is 0.00694. The molecule has 2 unspecified atom stereocenters. The van der Waals surface area contributed by atoms with E-state index in [1.165, 1.54) is 0 Å². The number of benzene rings is 2. The molecule has 0 aliphatic heterocycles. The number of carbonyl (C=O) groups excluding carboxylic acids is 1. The van der Waals surface area contributed by atoms with Crippen LogP contribution < -0.4 is 0 Å². The normalized spacial score (nSPS) is 23.4. The zero-order valence-corrected chi connectivity index (χ0v) is 13.7. The van der Waals surface area contributed by atoms with E-state index in [-0.39, 0.29) is 11.9 Å². The third-order valence-corrected chi connectivity index (χ3v) is 4.09. The van der Waals surface area contributed by atoms with Gasteiger partial charge in [-0.05, 0) is 50.5 Å². The van der Waals surface area contributed by atoms with Gasteiger partial charge in [-0.2, -0.15) is 0 Å². The number of esters is 1. The molecular weight excluding hydrogens is 291 g/mol. The van der Waals surface area contributed by atoms with Crippen LogP contribution in [0, 0.1) is 0 Å². The number of ether oxygens (including phenoxy) is 1. The van der Waals surface area contributed by atoms with Crippen molar-refractivity contribution in [2.24, 2.45) is 0 Å². The second kappa shape index (κ2) is 5.48. The largest absolute Gasteiger partial charge is 0.456 e. The van der Waals surface area contributed by atoms with E-state index in [1.54, 1.807) is 24.3 Å². The highest BCUT2D eigenvalue weighted by Gasteiger charge is 2.57. The third-order valence-electron chi connectivity index (χ3n) is 4.09. The van der Waals surface area contributed by atoms with Gasteiger partial charge in [-0.15, -0.1) is 0 Å². The van der Waals surface area contributed by atoms with Crippen LogP contribution in [0.3, 0.4) is 0 Å². The van der Waals surface area contributed by atoms with Crippen molar-refractivity contribution in [1.29, 1.82) is 0 Å². The monoisotopic (exact) mass is 312 g/mol. The minimum absolute atomic E-state index is 0.101. The third kappa shape index (κ3) is 3.29. The summed E-state index contributed by atoms with van der Waals surface area (Å²) in [5, 5.41) is 0. The van der Waals surface area contributed by atoms with Crippen molar-refractivity contribution in [1.82, 2.24) is 0 Å². The molecule has 3 rings (SSSR count). The molecule has 2 atom stereocenters. The minimum atomic E-state index is -1.33. The number of hydrogen-bond donors (Lipinski definition) is 0. The zero-order valence-electron chi connectivity index (χ0n) is 13.7. The summed E-state index contributed by atoms with van der Waals surface area (Å²) < 4.78 is 20.4. The zero-order chi connectivity index (χ0) is 16.7. The molecule has 1 saturated carbocycles. The van der Waals surface area contributed by atoms with Gasteiger partial charge in [-0.1, -0.05) is 42.5 Å². The molecule has 0 saturated heterocycles. The maximum atomic E-state index is 15.1. The molecule has 1 fully saturated rings. The molecule has 0 amide bonds. The number of hydrogen-bond acceptors (Lipinski definition) is 2. The van der Waals surface area contributed by atoms with Crippen LogP contribution in [0.2, 0.25) is 0 Å². The molecule has 0 bridgehead atoms. The van der Waals surface area contributed by atoms with E-state index in [2.05, 4.69) is 0 Å². The van der Waals surface area contributed by atoms with E-state index in [4.69, 9.17) is 4.74 Å². The molecule has 120 valence electrons. The Bertz CT molecular complexity index is 701. The van der Waals surface area contributed by atoms with Gasteiger partial charge in [0, 0.05) is 5.92 Å². The Morgan fingerprint density at radius 2 is 1.70 bits per heavy atom. The fourth-order valence-corrected chi connectivity index (χ4v) is 2.84. The Morgan fingerprint density at radius 1 is 1.09 bits per heavy atom. The standard InChI is InChI=1S/C20H21FO2/c1-19(2,3)23-18(22)15-9-11-16(12-10-15)20(21)13-17(20)14-7-5-4-6-8-14/h4-12,17H,13H2,1-3H3. The molecule has 0 spiro atoms. The van der Waals surface area contributed by atoms with Gasteiger partial charge in [-0.3, -0.25) is 0 Å². The second-order valence-electron chi connectivity index (χ2n) is 7.11. The van der Waals surface area contributed by atoms with Gasteiger partial charge in [0.05, 0.1) is 5.56 Å². The fourth-order valence-electron chi connectivity index (χ4n) is 2.84. The van der Waals surface area contributed by atoms with Crippen molar-refractivity contribution in [2.75, 3.05) is 0 Å². The Labute approximate surface area is 136 Å². The average molecular weight is 312 g/mol. The first-order valence-corrected chi connectivity index (χ1v) is 7.87. The maximum absolute atomic E-state index is 15.1. The first-order chi connectivity index (χ1) is 10.8. The summed E-state index contributed by atoms with van der Waals surface area (Å²) in [4.78, 5) is 12.0. The molecule has 0 radical (unpaired) electrons. The van der Waals surface area contributed by atoms with E-state index in [0.717, 1.165) is 5.56 Å². The van der Waals surface area contributed by atoms with Gasteiger partial charge in [-0.25, -0.2) is 9.18 Å². The van der Waals surface area contributed by atoms with Gasteiger partial charge in [0.2, 0.25) is 0 Å². The van der Waals surface area contributed by atoms with Crippen LogP contribution in [-0.2, 0) is 10.4 Å². The Balaban J connectivity index is 1.75. The van der Waals surface area contributed by atoms with Crippen LogP contribution in [0.4, 0.5) is 4.39 Å². The first kappa shape index (κ1) is 15.7. The molecule has 1 aliphatic carbocycles. The lowest BCUT2D eigenvalue weighted by atomic mass is 10.0. The molecule has 0 aromatic heterocycles. The first-order valence-electron chi connectivity index (χ1n) is 7.87. The van der Waals surface area contributed by atoms with Crippen LogP contribution in [0.5, 0.6) is 0 Å². The van der Waals surface area contributed by atoms with Gasteiger partial charge in [0.15, 0.2) is 0 Å². The predicted octanol–water partition coefficient (Wildman–Crippen LogP) is 4.99.